The molecule has 0 aliphatic carbocycles. The van der Waals surface area contributed by atoms with E-state index in [0.717, 1.165) is 6.42 Å². The summed E-state index contributed by atoms with van der Waals surface area (Å²) in [7, 11) is 0. The van der Waals surface area contributed by atoms with Gasteiger partial charge in [0.15, 0.2) is 0 Å². The second-order valence-electron chi connectivity index (χ2n) is 12.3. The van der Waals surface area contributed by atoms with Crippen LogP contribution in [0.5, 0.6) is 0 Å². The van der Waals surface area contributed by atoms with Crippen molar-refractivity contribution in [2.75, 3.05) is 0 Å². The summed E-state index contributed by atoms with van der Waals surface area (Å²) < 4.78 is 0. The Morgan fingerprint density at radius 3 is 1.36 bits per heavy atom. The fourth-order valence-corrected chi connectivity index (χ4v) is 5.69. The van der Waals surface area contributed by atoms with Gasteiger partial charge in [0.05, 0.1) is 0 Å². The molecular weight excluding hydrogens is 655 g/mol. The molecule has 0 aromatic heterocycles. The minimum absolute atomic E-state index is 0. The van der Waals surface area contributed by atoms with E-state index in [9.17, 15) is 0 Å². The van der Waals surface area contributed by atoms with Gasteiger partial charge >= 0.3 is 26.2 Å². The molecule has 0 aliphatic rings. The maximum absolute atomic E-state index is 2.35. The molecule has 6 rings (SSSR count). The van der Waals surface area contributed by atoms with E-state index in [2.05, 4.69) is 158 Å². The average Bonchev–Trinajstić information content (AvgIpc) is 3.62. The predicted molar refractivity (Wildman–Crippen MR) is 182 cm³/mol. The number of fused-ring (bicyclic) bond motifs is 2. The van der Waals surface area contributed by atoms with Crippen LogP contribution >= 0.6 is 0 Å². The molecule has 0 saturated carbocycles. The van der Waals surface area contributed by atoms with E-state index in [1.165, 1.54) is 66.1 Å². The Bertz CT molecular complexity index is 1730. The molecule has 0 radical (unpaired) electrons. The molecular formula is C41H44Cl2Zr. The van der Waals surface area contributed by atoms with Gasteiger partial charge in [-0.15, -0.1) is 69.1 Å². The van der Waals surface area contributed by atoms with Crippen molar-refractivity contribution in [3.05, 3.63) is 131 Å². The van der Waals surface area contributed by atoms with Gasteiger partial charge < -0.3 is 24.8 Å². The second kappa shape index (κ2) is 16.8. The van der Waals surface area contributed by atoms with Crippen LogP contribution in [0.15, 0.2) is 109 Å². The van der Waals surface area contributed by atoms with Crippen LogP contribution in [0.4, 0.5) is 0 Å². The first-order valence-electron chi connectivity index (χ1n) is 15.3. The zero-order valence-electron chi connectivity index (χ0n) is 27.1. The van der Waals surface area contributed by atoms with Crippen LogP contribution in [0.1, 0.15) is 88.5 Å². The number of aryl methyl sites for hydroxylation is 1. The normalized spacial score (nSPS) is 10.8. The monoisotopic (exact) mass is 696 g/mol. The Morgan fingerprint density at radius 1 is 0.523 bits per heavy atom. The first kappa shape index (κ1) is 37.7. The van der Waals surface area contributed by atoms with E-state index in [1.807, 2.05) is 0 Å². The summed E-state index contributed by atoms with van der Waals surface area (Å²) in [5, 5.41) is 5.46. The van der Waals surface area contributed by atoms with Crippen molar-refractivity contribution in [2.24, 2.45) is 0 Å². The molecule has 6 aromatic rings. The van der Waals surface area contributed by atoms with Gasteiger partial charge in [-0.2, -0.15) is 12.1 Å². The molecule has 0 bridgehead atoms. The van der Waals surface area contributed by atoms with E-state index in [1.54, 1.807) is 0 Å². The third-order valence-corrected chi connectivity index (χ3v) is 8.44. The maximum atomic E-state index is 2.35. The molecule has 6 aromatic carbocycles. The molecule has 0 atom stereocenters. The molecule has 0 N–H and O–H groups in total. The van der Waals surface area contributed by atoms with Gasteiger partial charge in [-0.05, 0) is 46.4 Å². The van der Waals surface area contributed by atoms with Gasteiger partial charge in [-0.25, -0.2) is 0 Å². The molecule has 0 saturated heterocycles. The third kappa shape index (κ3) is 8.43. The molecule has 0 fully saturated rings. The quantitative estimate of drug-likeness (QED) is 0.177. The van der Waals surface area contributed by atoms with Crippen LogP contribution in [-0.4, -0.2) is 0 Å². The molecule has 0 aliphatic heterocycles. The van der Waals surface area contributed by atoms with Gasteiger partial charge in [0.25, 0.3) is 0 Å². The van der Waals surface area contributed by atoms with Crippen LogP contribution in [0.3, 0.4) is 0 Å². The van der Waals surface area contributed by atoms with Gasteiger partial charge in [-0.3, -0.25) is 0 Å². The van der Waals surface area contributed by atoms with Crippen LogP contribution < -0.4 is 24.8 Å². The first-order valence-corrected chi connectivity index (χ1v) is 15.3. The topological polar surface area (TPSA) is 0 Å². The van der Waals surface area contributed by atoms with Crippen LogP contribution in [-0.2, 0) is 32.6 Å². The van der Waals surface area contributed by atoms with Gasteiger partial charge in [-0.1, -0.05) is 120 Å². The van der Waals surface area contributed by atoms with Crippen LogP contribution in [0.25, 0.3) is 43.8 Å². The minimum Gasteiger partial charge on any atom is -1.00 e. The molecule has 0 amide bonds. The number of halogens is 2. The van der Waals surface area contributed by atoms with Crippen molar-refractivity contribution in [1.29, 1.82) is 0 Å². The van der Waals surface area contributed by atoms with Crippen LogP contribution in [0, 0.1) is 0 Å². The largest absolute Gasteiger partial charge is 4.00 e. The van der Waals surface area contributed by atoms with Gasteiger partial charge in [0, 0.05) is 0 Å². The van der Waals surface area contributed by atoms with E-state index in [-0.39, 0.29) is 51.0 Å². The summed E-state index contributed by atoms with van der Waals surface area (Å²) in [6.07, 6.45) is 1.10. The predicted octanol–water partition coefficient (Wildman–Crippen LogP) is 6.39. The number of hydrogen-bond acceptors (Lipinski definition) is 0. The standard InChI is InChI=1S/C21H23.C20H21.2ClH.Zr/c1-14(2)16-8-10-17(11-9-16)20-7-5-6-18-12-19(15(3)4)13-21(18)20;1-4-15-12-18-6-5-7-19(20(18)13-15)17-10-8-16(9-11-17)14(2)3;;;/h5-15H,1-4H3;5-14H,4H2,1-3H3;2*1H;/q2*-1;;;+4/p-2. The Morgan fingerprint density at radius 2 is 0.955 bits per heavy atom. The summed E-state index contributed by atoms with van der Waals surface area (Å²) in [5.74, 6) is 1.75. The van der Waals surface area contributed by atoms with E-state index in [0.29, 0.717) is 17.8 Å². The fraction of sp³-hybridized carbons (Fsp3) is 0.268. The van der Waals surface area contributed by atoms with Gasteiger partial charge in [0.2, 0.25) is 0 Å². The Labute approximate surface area is 297 Å². The number of benzene rings is 4. The van der Waals surface area contributed by atoms with Crippen molar-refractivity contribution in [1.82, 2.24) is 0 Å². The smallest absolute Gasteiger partial charge is 1.00 e. The van der Waals surface area contributed by atoms with E-state index < -0.39 is 0 Å². The summed E-state index contributed by atoms with van der Waals surface area (Å²) in [5.41, 5.74) is 11.0. The van der Waals surface area contributed by atoms with E-state index in [4.69, 9.17) is 0 Å². The number of rotatable bonds is 6. The minimum atomic E-state index is 0. The Balaban J connectivity index is 0.000000287. The molecule has 0 nitrogen and oxygen atoms in total. The molecule has 3 heteroatoms. The second-order valence-corrected chi connectivity index (χ2v) is 12.3. The van der Waals surface area contributed by atoms with Crippen molar-refractivity contribution < 1.29 is 51.0 Å². The summed E-state index contributed by atoms with van der Waals surface area (Å²) in [6, 6.07) is 40.6. The summed E-state index contributed by atoms with van der Waals surface area (Å²) >= 11 is 0. The van der Waals surface area contributed by atoms with Gasteiger partial charge in [0.1, 0.15) is 0 Å². The Hall–Kier alpha value is -2.44. The van der Waals surface area contributed by atoms with E-state index >= 15 is 0 Å². The summed E-state index contributed by atoms with van der Waals surface area (Å²) in [4.78, 5) is 0. The molecule has 0 spiro atoms. The van der Waals surface area contributed by atoms with Crippen molar-refractivity contribution in [3.8, 4) is 22.3 Å². The molecule has 0 heterocycles. The zero-order chi connectivity index (χ0) is 29.1. The maximum Gasteiger partial charge on any atom is 4.00 e. The zero-order valence-corrected chi connectivity index (χ0v) is 31.1. The molecule has 0 unspecified atom stereocenters. The van der Waals surface area contributed by atoms with Crippen molar-refractivity contribution in [2.45, 2.75) is 72.6 Å². The fourth-order valence-electron chi connectivity index (χ4n) is 5.69. The molecule has 226 valence electrons. The third-order valence-electron chi connectivity index (χ3n) is 8.44. The average molecular weight is 699 g/mol. The Kier molecular flexibility index (Phi) is 14.4. The SMILES string of the molecule is CC(C)c1ccc(-c2cccc3[cH-]c(C(C)C)cc23)cc1.CCc1cc2c(-c3ccc(C(C)C)cc3)cccc2[cH-]1.[Cl-].[Cl-].[Zr+4]. The van der Waals surface area contributed by atoms with Crippen LogP contribution in [0.2, 0.25) is 0 Å². The summed E-state index contributed by atoms with van der Waals surface area (Å²) in [6.45, 7) is 15.7. The first-order chi connectivity index (χ1) is 19.7. The number of hydrogen-bond donors (Lipinski definition) is 0. The van der Waals surface area contributed by atoms with Crippen molar-refractivity contribution in [3.63, 3.8) is 0 Å². The van der Waals surface area contributed by atoms with Crippen molar-refractivity contribution >= 4 is 21.5 Å². The molecule has 44 heavy (non-hydrogen) atoms.